The fraction of sp³-hybridized carbons (Fsp3) is 0. The Balaban J connectivity index is 3.95. The summed E-state index contributed by atoms with van der Waals surface area (Å²) in [5, 5.41) is 0. The van der Waals surface area contributed by atoms with Crippen molar-refractivity contribution in [2.45, 2.75) is 0 Å². The van der Waals surface area contributed by atoms with Crippen LogP contribution in [0.2, 0.25) is 0 Å². The Morgan fingerprint density at radius 2 is 2.00 bits per heavy atom. The zero-order chi connectivity index (χ0) is 3.41. The van der Waals surface area contributed by atoms with Crippen LogP contribution < -0.4 is 0 Å². The van der Waals surface area contributed by atoms with Crippen LogP contribution in [-0.2, 0) is 30.1 Å². The fourth-order valence-corrected chi connectivity index (χ4v) is 0. The van der Waals surface area contributed by atoms with Gasteiger partial charge in [0.05, 0.1) is 0 Å². The molecule has 2 nitrogen and oxygen atoms in total. The quantitative estimate of drug-likeness (QED) is 0.517. The molecule has 0 radical (unpaired) electrons. The molecular formula is CHfO2. The molecule has 0 bridgehead atoms. The Hall–Kier alpha value is 0.250. The molecule has 0 unspecified atom stereocenters. The third-order valence-electron chi connectivity index (χ3n) is 0.0417. The molecule has 0 saturated carbocycles. The van der Waals surface area contributed by atoms with E-state index in [0.717, 1.165) is 0 Å². The number of rotatable bonds is 0. The van der Waals surface area contributed by atoms with Gasteiger partial charge in [0.2, 0.25) is 0 Å². The Kier molecular flexibility index (Phi) is 3.45. The Morgan fingerprint density at radius 3 is 2.00 bits per heavy atom. The molecule has 0 amide bonds. The van der Waals surface area contributed by atoms with Gasteiger partial charge >= 0.3 is 33.7 Å². The first-order valence-corrected chi connectivity index (χ1v) is 3.92. The van der Waals surface area contributed by atoms with Crippen molar-refractivity contribution in [1.82, 2.24) is 0 Å². The number of carbonyl (C=O) groups excluding carboxylic acids is 1. The molecule has 0 aliphatic rings. The average molecular weight is 222 g/mol. The summed E-state index contributed by atoms with van der Waals surface area (Å²) in [5.41, 5.74) is 0. The van der Waals surface area contributed by atoms with E-state index >= 15 is 0 Å². The zero-order valence-corrected chi connectivity index (χ0v) is 5.41. The van der Waals surface area contributed by atoms with E-state index < -0.39 is 22.4 Å². The minimum absolute atomic E-state index is 1.32. The molecule has 0 aromatic heterocycles. The van der Waals surface area contributed by atoms with Crippen molar-refractivity contribution in [2.24, 2.45) is 0 Å². The molecule has 0 aliphatic heterocycles. The molecule has 0 saturated heterocycles. The molecule has 0 atom stereocenters. The summed E-state index contributed by atoms with van der Waals surface area (Å²) >= 11 is -1.99. The van der Waals surface area contributed by atoms with Crippen LogP contribution in [0.25, 0.3) is 0 Å². The molecule has 0 heterocycles. The van der Waals surface area contributed by atoms with Gasteiger partial charge in [0, 0.05) is 0 Å². The Bertz CT molecular complexity index is 56.1. The van der Waals surface area contributed by atoms with E-state index in [0.29, 0.717) is 0 Å². The van der Waals surface area contributed by atoms with Gasteiger partial charge in [-0.25, -0.2) is 0 Å². The predicted octanol–water partition coefficient (Wildman–Crippen LogP) is -0.518. The van der Waals surface area contributed by atoms with Gasteiger partial charge in [0.25, 0.3) is 0 Å². The van der Waals surface area contributed by atoms with E-state index in [9.17, 15) is 0 Å². The maximum atomic E-state index is 9.07. The summed E-state index contributed by atoms with van der Waals surface area (Å²) in [7, 11) is 0. The molecule has 0 spiro atoms. The topological polar surface area (TPSA) is 34.1 Å². The van der Waals surface area contributed by atoms with E-state index in [1.807, 2.05) is 0 Å². The van der Waals surface area contributed by atoms with E-state index in [1.54, 1.807) is 0 Å². The Morgan fingerprint density at radius 1 is 1.75 bits per heavy atom. The van der Waals surface area contributed by atoms with Gasteiger partial charge in [-0.2, -0.15) is 0 Å². The minimum atomic E-state index is -1.99. The molecule has 0 aromatic carbocycles. The van der Waals surface area contributed by atoms with E-state index in [4.69, 9.17) is 7.65 Å². The molecule has 0 aromatic rings. The van der Waals surface area contributed by atoms with Crippen LogP contribution in [0.15, 0.2) is 0 Å². The van der Waals surface area contributed by atoms with Gasteiger partial charge < -0.3 is 0 Å². The van der Waals surface area contributed by atoms with Gasteiger partial charge in [-0.1, -0.05) is 0 Å². The molecule has 0 fully saturated rings. The van der Waals surface area contributed by atoms with Crippen LogP contribution in [0.5, 0.6) is 0 Å². The first-order valence-electron chi connectivity index (χ1n) is 0.658. The molecule has 0 N–H and O–H groups in total. The average Bonchev–Trinajstić information content (AvgIpc) is 1.37. The van der Waals surface area contributed by atoms with Gasteiger partial charge in [-0.3, -0.25) is 0 Å². The van der Waals surface area contributed by atoms with Crippen molar-refractivity contribution in [3.05, 3.63) is 0 Å². The number of hydrogen-bond donors (Lipinski definition) is 0. The van der Waals surface area contributed by atoms with Crippen LogP contribution in [-0.4, -0.2) is 3.62 Å². The summed E-state index contributed by atoms with van der Waals surface area (Å²) in [6, 6.07) is 0. The molecule has 0 rings (SSSR count). The van der Waals surface area contributed by atoms with Crippen molar-refractivity contribution in [3.63, 3.8) is 0 Å². The van der Waals surface area contributed by atoms with Crippen LogP contribution >= 0.6 is 0 Å². The van der Waals surface area contributed by atoms with E-state index in [-0.39, 0.29) is 0 Å². The second-order valence-corrected chi connectivity index (χ2v) is 1.67. The zero-order valence-electron chi connectivity index (χ0n) is 1.82. The maximum absolute atomic E-state index is 9.07. The summed E-state index contributed by atoms with van der Waals surface area (Å²) in [4.78, 5) is 8.82. The van der Waals surface area contributed by atoms with E-state index in [1.165, 1.54) is 3.62 Å². The predicted molar refractivity (Wildman–Crippen MR) is 6.38 cm³/mol. The van der Waals surface area contributed by atoms with Crippen LogP contribution in [0.3, 0.4) is 0 Å². The summed E-state index contributed by atoms with van der Waals surface area (Å²) in [6.45, 7) is 0. The first-order chi connectivity index (χ1) is 1.91. The summed E-state index contributed by atoms with van der Waals surface area (Å²) in [6.07, 6.45) is 0. The van der Waals surface area contributed by atoms with Crippen LogP contribution in [0, 0.1) is 0 Å². The van der Waals surface area contributed by atoms with Crippen molar-refractivity contribution >= 4 is 3.62 Å². The fourth-order valence-electron chi connectivity index (χ4n) is 0. The molecule has 0 aliphatic carbocycles. The molecular weight excluding hydrogens is 222 g/mol. The van der Waals surface area contributed by atoms with Gasteiger partial charge in [0.1, 0.15) is 0 Å². The normalized spacial score (nSPS) is 3.00. The van der Waals surface area contributed by atoms with Crippen molar-refractivity contribution in [3.8, 4) is 0 Å². The van der Waals surface area contributed by atoms with Gasteiger partial charge in [0.15, 0.2) is 0 Å². The number of hydrogen-bond acceptors (Lipinski definition) is 2. The molecule has 4 heavy (non-hydrogen) atoms. The van der Waals surface area contributed by atoms with E-state index in [2.05, 4.69) is 0 Å². The second kappa shape index (κ2) is 3.25. The summed E-state index contributed by atoms with van der Waals surface area (Å²) in [5.74, 6) is 0. The van der Waals surface area contributed by atoms with Crippen molar-refractivity contribution < 1.29 is 30.1 Å². The molecule has 3 heteroatoms. The van der Waals surface area contributed by atoms with Crippen molar-refractivity contribution in [1.29, 1.82) is 0 Å². The second-order valence-electron chi connectivity index (χ2n) is 0.204. The first kappa shape index (κ1) is 4.25. The van der Waals surface area contributed by atoms with Crippen LogP contribution in [0.4, 0.5) is 0 Å². The SMILES string of the molecule is O=[C]=[Hf]=[O]. The Labute approximate surface area is 34.1 Å². The monoisotopic (exact) mass is 224 g/mol. The summed E-state index contributed by atoms with van der Waals surface area (Å²) < 4.78 is 10.4. The third-order valence-corrected chi connectivity index (χ3v) is 0.341. The van der Waals surface area contributed by atoms with Gasteiger partial charge in [-0.05, 0) is 0 Å². The standard InChI is InChI=1S/CO.Hf.O/c1-2;;. The van der Waals surface area contributed by atoms with Crippen LogP contribution in [0.1, 0.15) is 0 Å². The van der Waals surface area contributed by atoms with Gasteiger partial charge in [-0.15, -0.1) is 0 Å². The molecule has 20 valence electrons. The van der Waals surface area contributed by atoms with Crippen molar-refractivity contribution in [2.75, 3.05) is 0 Å². The third kappa shape index (κ3) is 2.25.